The van der Waals surface area contributed by atoms with Crippen LogP contribution in [0.2, 0.25) is 0 Å². The summed E-state index contributed by atoms with van der Waals surface area (Å²) in [5.74, 6) is 2.61. The lowest BCUT2D eigenvalue weighted by Crippen LogP contribution is -2.48. The van der Waals surface area contributed by atoms with Crippen LogP contribution in [0.25, 0.3) is 5.65 Å². The van der Waals surface area contributed by atoms with Crippen molar-refractivity contribution in [1.82, 2.24) is 24.5 Å². The fraction of sp³-hybridized carbons (Fsp3) is 0.320. The molecule has 0 N–H and O–H groups in total. The lowest BCUT2D eigenvalue weighted by molar-refractivity contribution is 0.212. The topological polar surface area (TPSA) is 49.6 Å². The lowest BCUT2D eigenvalue weighted by atomic mass is 9.96. The second-order valence-electron chi connectivity index (χ2n) is 8.52. The number of hydrogen-bond donors (Lipinski definition) is 0. The zero-order valence-electron chi connectivity index (χ0n) is 17.5. The van der Waals surface area contributed by atoms with Gasteiger partial charge >= 0.3 is 0 Å². The molecule has 4 aromatic rings. The molecular formula is C25H26N6. The van der Waals surface area contributed by atoms with Gasteiger partial charge < -0.3 is 4.90 Å². The molecule has 2 aromatic carbocycles. The summed E-state index contributed by atoms with van der Waals surface area (Å²) in [6.45, 7) is 3.80. The van der Waals surface area contributed by atoms with Gasteiger partial charge in [0.1, 0.15) is 5.82 Å². The van der Waals surface area contributed by atoms with Gasteiger partial charge in [0.2, 0.25) is 5.65 Å². The molecule has 31 heavy (non-hydrogen) atoms. The van der Waals surface area contributed by atoms with Crippen LogP contribution in [-0.2, 0) is 0 Å². The van der Waals surface area contributed by atoms with Crippen LogP contribution >= 0.6 is 0 Å². The summed E-state index contributed by atoms with van der Waals surface area (Å²) in [4.78, 5) is 9.64. The zero-order valence-corrected chi connectivity index (χ0v) is 17.5. The Labute approximate surface area is 182 Å². The van der Waals surface area contributed by atoms with Gasteiger partial charge in [-0.05, 0) is 24.0 Å². The number of benzene rings is 2. The highest BCUT2D eigenvalue weighted by molar-refractivity contribution is 5.64. The van der Waals surface area contributed by atoms with Crippen molar-refractivity contribution in [3.8, 4) is 0 Å². The largest absolute Gasteiger partial charge is 0.351 e. The molecule has 1 aliphatic carbocycles. The van der Waals surface area contributed by atoms with Gasteiger partial charge in [-0.25, -0.2) is 4.98 Å². The van der Waals surface area contributed by atoms with Crippen molar-refractivity contribution in [2.24, 2.45) is 0 Å². The third kappa shape index (κ3) is 3.47. The van der Waals surface area contributed by atoms with E-state index >= 15 is 0 Å². The molecule has 0 atom stereocenters. The Kier molecular flexibility index (Phi) is 4.65. The molecule has 1 saturated carbocycles. The van der Waals surface area contributed by atoms with E-state index in [1.54, 1.807) is 0 Å². The van der Waals surface area contributed by atoms with Crippen molar-refractivity contribution >= 4 is 11.5 Å². The molecule has 2 fully saturated rings. The lowest BCUT2D eigenvalue weighted by Gasteiger charge is -2.40. The first-order valence-corrected chi connectivity index (χ1v) is 11.2. The molecule has 156 valence electrons. The minimum absolute atomic E-state index is 0.267. The first-order valence-electron chi connectivity index (χ1n) is 11.2. The molecule has 2 aliphatic rings. The Morgan fingerprint density at radius 2 is 1.42 bits per heavy atom. The molecule has 0 bridgehead atoms. The minimum Gasteiger partial charge on any atom is -0.351 e. The average Bonchev–Trinajstić information content (AvgIpc) is 3.59. The Bertz CT molecular complexity index is 1120. The van der Waals surface area contributed by atoms with Crippen LogP contribution in [0.4, 0.5) is 5.82 Å². The molecule has 6 nitrogen and oxygen atoms in total. The van der Waals surface area contributed by atoms with Crippen molar-refractivity contribution in [3.63, 3.8) is 0 Å². The highest BCUT2D eigenvalue weighted by Gasteiger charge is 2.31. The summed E-state index contributed by atoms with van der Waals surface area (Å²) >= 11 is 0. The summed E-state index contributed by atoms with van der Waals surface area (Å²) < 4.78 is 2.14. The van der Waals surface area contributed by atoms with Crippen LogP contribution in [0.1, 0.15) is 41.8 Å². The number of nitrogens with zero attached hydrogens (tertiary/aromatic N) is 6. The number of anilines is 1. The Morgan fingerprint density at radius 3 is 2.03 bits per heavy atom. The second kappa shape index (κ2) is 7.78. The fourth-order valence-corrected chi connectivity index (χ4v) is 4.75. The zero-order chi connectivity index (χ0) is 20.6. The van der Waals surface area contributed by atoms with E-state index in [0.717, 1.165) is 43.5 Å². The second-order valence-corrected chi connectivity index (χ2v) is 8.52. The Morgan fingerprint density at radius 1 is 0.774 bits per heavy atom. The molecule has 0 unspecified atom stereocenters. The quantitative estimate of drug-likeness (QED) is 0.499. The molecule has 0 radical (unpaired) electrons. The van der Waals surface area contributed by atoms with E-state index in [2.05, 4.69) is 85.1 Å². The van der Waals surface area contributed by atoms with Gasteiger partial charge in [-0.3, -0.25) is 9.30 Å². The summed E-state index contributed by atoms with van der Waals surface area (Å²) in [7, 11) is 0. The SMILES string of the molecule is c1ccc(C(c2ccccc2)N2CCN(c3nccn4c(C5CC5)nnc34)CC2)cc1. The molecular weight excluding hydrogens is 384 g/mol. The van der Waals surface area contributed by atoms with Gasteiger partial charge in [0.25, 0.3) is 0 Å². The predicted molar refractivity (Wildman–Crippen MR) is 121 cm³/mol. The van der Waals surface area contributed by atoms with Crippen molar-refractivity contribution < 1.29 is 0 Å². The highest BCUT2D eigenvalue weighted by atomic mass is 15.3. The number of fused-ring (bicyclic) bond motifs is 1. The molecule has 1 aliphatic heterocycles. The predicted octanol–water partition coefficient (Wildman–Crippen LogP) is 3.91. The van der Waals surface area contributed by atoms with Crippen LogP contribution in [0.5, 0.6) is 0 Å². The maximum atomic E-state index is 4.69. The van der Waals surface area contributed by atoms with Crippen molar-refractivity contribution in [1.29, 1.82) is 0 Å². The van der Waals surface area contributed by atoms with Crippen molar-refractivity contribution in [2.75, 3.05) is 31.1 Å². The van der Waals surface area contributed by atoms with Crippen LogP contribution in [0.15, 0.2) is 73.1 Å². The van der Waals surface area contributed by atoms with Gasteiger partial charge in [-0.2, -0.15) is 0 Å². The molecule has 3 heterocycles. The number of piperazine rings is 1. The first-order chi connectivity index (χ1) is 15.4. The van der Waals surface area contributed by atoms with Crippen LogP contribution < -0.4 is 4.90 Å². The van der Waals surface area contributed by atoms with Crippen LogP contribution in [-0.4, -0.2) is 50.7 Å². The Hall–Kier alpha value is -3.25. The fourth-order valence-electron chi connectivity index (χ4n) is 4.75. The average molecular weight is 411 g/mol. The Balaban J connectivity index is 1.26. The van der Waals surface area contributed by atoms with Gasteiger partial charge in [0, 0.05) is 44.5 Å². The molecule has 0 spiro atoms. The summed E-state index contributed by atoms with van der Waals surface area (Å²) in [5, 5.41) is 8.97. The van der Waals surface area contributed by atoms with Gasteiger partial charge in [0.15, 0.2) is 5.82 Å². The number of rotatable bonds is 5. The van der Waals surface area contributed by atoms with E-state index in [9.17, 15) is 0 Å². The van der Waals surface area contributed by atoms with Gasteiger partial charge in [-0.15, -0.1) is 10.2 Å². The van der Waals surface area contributed by atoms with E-state index in [0.29, 0.717) is 5.92 Å². The summed E-state index contributed by atoms with van der Waals surface area (Å²) in [6, 6.07) is 21.9. The maximum absolute atomic E-state index is 4.69. The smallest absolute Gasteiger partial charge is 0.203 e. The molecule has 6 heteroatoms. The van der Waals surface area contributed by atoms with E-state index in [-0.39, 0.29) is 6.04 Å². The minimum atomic E-state index is 0.267. The van der Waals surface area contributed by atoms with E-state index in [1.807, 2.05) is 12.4 Å². The highest BCUT2D eigenvalue weighted by Crippen LogP contribution is 2.39. The monoisotopic (exact) mass is 410 g/mol. The number of hydrogen-bond acceptors (Lipinski definition) is 5. The van der Waals surface area contributed by atoms with Gasteiger partial charge in [-0.1, -0.05) is 60.7 Å². The van der Waals surface area contributed by atoms with E-state index in [1.165, 1.54) is 24.0 Å². The van der Waals surface area contributed by atoms with E-state index in [4.69, 9.17) is 4.98 Å². The molecule has 6 rings (SSSR count). The third-order valence-electron chi connectivity index (χ3n) is 6.49. The van der Waals surface area contributed by atoms with Crippen molar-refractivity contribution in [2.45, 2.75) is 24.8 Å². The normalized spacial score (nSPS) is 17.5. The standard InChI is InChI=1S/C25H26N6/c1-3-7-19(8-4-1)22(20-9-5-2-6-10-20)29-15-17-30(18-16-29)24-25-28-27-23(21-11-12-21)31(25)14-13-26-24/h1-10,13-14,21-22H,11-12,15-18H2. The maximum Gasteiger partial charge on any atom is 0.203 e. The van der Waals surface area contributed by atoms with Crippen LogP contribution in [0, 0.1) is 0 Å². The van der Waals surface area contributed by atoms with Crippen LogP contribution in [0.3, 0.4) is 0 Å². The van der Waals surface area contributed by atoms with Gasteiger partial charge in [0.05, 0.1) is 6.04 Å². The van der Waals surface area contributed by atoms with Crippen molar-refractivity contribution in [3.05, 3.63) is 90.0 Å². The molecule has 0 amide bonds. The summed E-state index contributed by atoms with van der Waals surface area (Å²) in [5.41, 5.74) is 3.57. The molecule has 1 saturated heterocycles. The van der Waals surface area contributed by atoms with E-state index < -0.39 is 0 Å². The summed E-state index contributed by atoms with van der Waals surface area (Å²) in [6.07, 6.45) is 6.33. The number of aromatic nitrogens is 4. The third-order valence-corrected chi connectivity index (χ3v) is 6.49. The molecule has 2 aromatic heterocycles. The first kappa shape index (κ1) is 18.5.